The maximum absolute atomic E-state index is 11.1. The number of H-pyrrole nitrogens is 1. The molecule has 6 heteroatoms. The number of nitrogens with zero attached hydrogens (tertiary/aromatic N) is 1. The van der Waals surface area contributed by atoms with E-state index in [2.05, 4.69) is 10.2 Å². The third-order valence-electron chi connectivity index (χ3n) is 5.70. The number of piperidine rings is 1. The van der Waals surface area contributed by atoms with E-state index in [-0.39, 0.29) is 0 Å². The zero-order valence-corrected chi connectivity index (χ0v) is 16.7. The Bertz CT molecular complexity index is 914. The number of aromatic nitrogens is 2. The van der Waals surface area contributed by atoms with Gasteiger partial charge in [0.15, 0.2) is 0 Å². The lowest BCUT2D eigenvalue weighted by molar-refractivity contribution is -0.921. The largest absolute Gasteiger partial charge is 0.497 e. The third kappa shape index (κ3) is 3.92. The first-order valence-electron chi connectivity index (χ1n) is 9.56. The van der Waals surface area contributed by atoms with E-state index in [4.69, 9.17) is 16.3 Å². The Morgan fingerprint density at radius 1 is 1.11 bits per heavy atom. The monoisotopic (exact) mass is 398 g/mol. The van der Waals surface area contributed by atoms with Crippen LogP contribution in [0.4, 0.5) is 0 Å². The standard InChI is InChI=1S/C22H24ClN3O2/c1-28-20-8-2-16(3-9-20)21-17(14-24-25-21)15-26-12-10-22(27,11-13-26)18-4-6-19(23)7-5-18/h2-9,14,27H,10-13,15H2,1H3,(H,24,25)/p+1. The Morgan fingerprint density at radius 3 is 2.43 bits per heavy atom. The van der Waals surface area contributed by atoms with Crippen molar-refractivity contribution in [2.75, 3.05) is 20.2 Å². The molecule has 28 heavy (non-hydrogen) atoms. The number of benzene rings is 2. The molecule has 0 radical (unpaired) electrons. The van der Waals surface area contributed by atoms with Gasteiger partial charge in [0.25, 0.3) is 0 Å². The number of rotatable bonds is 5. The zero-order valence-electron chi connectivity index (χ0n) is 15.9. The van der Waals surface area contributed by atoms with Crippen LogP contribution in [0.3, 0.4) is 0 Å². The number of aromatic amines is 1. The third-order valence-corrected chi connectivity index (χ3v) is 5.95. The maximum Gasteiger partial charge on any atom is 0.118 e. The Balaban J connectivity index is 1.43. The fraction of sp³-hybridized carbons (Fsp3) is 0.318. The minimum absolute atomic E-state index is 0.696. The summed E-state index contributed by atoms with van der Waals surface area (Å²) in [6, 6.07) is 15.6. The zero-order chi connectivity index (χ0) is 19.6. The van der Waals surface area contributed by atoms with Crippen LogP contribution in [0.25, 0.3) is 11.3 Å². The molecule has 0 spiro atoms. The van der Waals surface area contributed by atoms with Crippen LogP contribution in [-0.2, 0) is 12.1 Å². The number of quaternary nitrogens is 1. The van der Waals surface area contributed by atoms with Gasteiger partial charge in [-0.05, 0) is 42.0 Å². The highest BCUT2D eigenvalue weighted by Gasteiger charge is 2.36. The van der Waals surface area contributed by atoms with Crippen LogP contribution < -0.4 is 9.64 Å². The van der Waals surface area contributed by atoms with Gasteiger partial charge in [0, 0.05) is 23.4 Å². The number of methoxy groups -OCH3 is 1. The lowest BCUT2D eigenvalue weighted by atomic mass is 9.84. The van der Waals surface area contributed by atoms with E-state index in [9.17, 15) is 5.11 Å². The smallest absolute Gasteiger partial charge is 0.118 e. The van der Waals surface area contributed by atoms with Gasteiger partial charge >= 0.3 is 0 Å². The minimum atomic E-state index is -0.761. The second-order valence-corrected chi connectivity index (χ2v) is 7.90. The number of halogens is 1. The number of hydrogen-bond donors (Lipinski definition) is 3. The molecule has 3 N–H and O–H groups in total. The van der Waals surface area contributed by atoms with Gasteiger partial charge in [-0.2, -0.15) is 5.10 Å². The molecule has 1 aliphatic heterocycles. The van der Waals surface area contributed by atoms with E-state index in [0.717, 1.165) is 55.0 Å². The summed E-state index contributed by atoms with van der Waals surface area (Å²) < 4.78 is 5.24. The molecule has 146 valence electrons. The topological polar surface area (TPSA) is 62.6 Å². The molecule has 1 aliphatic rings. The van der Waals surface area contributed by atoms with Gasteiger partial charge in [0.05, 0.1) is 37.7 Å². The molecule has 2 aromatic carbocycles. The molecular formula is C22H25ClN3O2+. The molecule has 1 saturated heterocycles. The van der Waals surface area contributed by atoms with Crippen LogP contribution in [0.15, 0.2) is 54.7 Å². The van der Waals surface area contributed by atoms with Crippen LogP contribution in [0.5, 0.6) is 5.75 Å². The fourth-order valence-electron chi connectivity index (χ4n) is 3.96. The number of aliphatic hydroxyl groups is 1. The minimum Gasteiger partial charge on any atom is -0.497 e. The quantitative estimate of drug-likeness (QED) is 0.619. The molecule has 2 heterocycles. The Morgan fingerprint density at radius 2 is 1.79 bits per heavy atom. The summed E-state index contributed by atoms with van der Waals surface area (Å²) in [5.74, 6) is 0.841. The summed E-state index contributed by atoms with van der Waals surface area (Å²) in [6.07, 6.45) is 3.38. The van der Waals surface area contributed by atoms with E-state index in [1.807, 2.05) is 54.7 Å². The van der Waals surface area contributed by atoms with Gasteiger partial charge in [0.1, 0.15) is 17.9 Å². The molecule has 4 rings (SSSR count). The van der Waals surface area contributed by atoms with Crippen molar-refractivity contribution in [3.05, 3.63) is 70.9 Å². The van der Waals surface area contributed by atoms with Crippen LogP contribution in [0.2, 0.25) is 5.02 Å². The van der Waals surface area contributed by atoms with Crippen molar-refractivity contribution in [3.8, 4) is 17.0 Å². The van der Waals surface area contributed by atoms with Crippen LogP contribution in [0, 0.1) is 0 Å². The van der Waals surface area contributed by atoms with Crippen molar-refractivity contribution in [3.63, 3.8) is 0 Å². The Kier molecular flexibility index (Phi) is 5.40. The van der Waals surface area contributed by atoms with Crippen molar-refractivity contribution in [2.45, 2.75) is 25.0 Å². The first-order valence-corrected chi connectivity index (χ1v) is 9.94. The molecule has 0 aliphatic carbocycles. The van der Waals surface area contributed by atoms with E-state index in [1.54, 1.807) is 7.11 Å². The van der Waals surface area contributed by atoms with Gasteiger partial charge in [-0.3, -0.25) is 5.10 Å². The van der Waals surface area contributed by atoms with Crippen molar-refractivity contribution >= 4 is 11.6 Å². The average Bonchev–Trinajstić information content (AvgIpc) is 3.18. The van der Waals surface area contributed by atoms with Gasteiger partial charge in [0.2, 0.25) is 0 Å². The summed E-state index contributed by atoms with van der Waals surface area (Å²) in [7, 11) is 1.67. The van der Waals surface area contributed by atoms with Gasteiger partial charge in [-0.1, -0.05) is 23.7 Å². The number of likely N-dealkylation sites (tertiary alicyclic amines) is 1. The molecule has 3 aromatic rings. The first-order chi connectivity index (χ1) is 13.6. The second-order valence-electron chi connectivity index (χ2n) is 7.46. The molecule has 1 fully saturated rings. The Labute approximate surface area is 169 Å². The van der Waals surface area contributed by atoms with Crippen LogP contribution in [-0.4, -0.2) is 35.5 Å². The van der Waals surface area contributed by atoms with Crippen molar-refractivity contribution in [2.24, 2.45) is 0 Å². The predicted molar refractivity (Wildman–Crippen MR) is 110 cm³/mol. The summed E-state index contributed by atoms with van der Waals surface area (Å²) >= 11 is 5.98. The summed E-state index contributed by atoms with van der Waals surface area (Å²) in [6.45, 7) is 2.70. The SMILES string of the molecule is COc1ccc(-c2[nH]ncc2C[NH+]2CCC(O)(c3ccc(Cl)cc3)CC2)cc1. The highest BCUT2D eigenvalue weighted by Crippen LogP contribution is 2.30. The molecule has 0 unspecified atom stereocenters. The summed E-state index contributed by atoms with van der Waals surface area (Å²) in [5.41, 5.74) is 3.54. The highest BCUT2D eigenvalue weighted by molar-refractivity contribution is 6.30. The van der Waals surface area contributed by atoms with E-state index in [1.165, 1.54) is 10.5 Å². The van der Waals surface area contributed by atoms with Crippen molar-refractivity contribution in [1.29, 1.82) is 0 Å². The van der Waals surface area contributed by atoms with Crippen molar-refractivity contribution < 1.29 is 14.7 Å². The number of hydrogen-bond acceptors (Lipinski definition) is 3. The second kappa shape index (κ2) is 7.95. The molecule has 0 amide bonds. The summed E-state index contributed by atoms with van der Waals surface area (Å²) in [4.78, 5) is 1.45. The molecule has 0 bridgehead atoms. The van der Waals surface area contributed by atoms with Gasteiger partial charge in [-0.15, -0.1) is 0 Å². The first kappa shape index (κ1) is 19.0. The maximum atomic E-state index is 11.1. The lowest BCUT2D eigenvalue weighted by Gasteiger charge is -2.36. The van der Waals surface area contributed by atoms with Crippen LogP contribution in [0.1, 0.15) is 24.0 Å². The molecule has 0 atom stereocenters. The van der Waals surface area contributed by atoms with E-state index < -0.39 is 5.60 Å². The van der Waals surface area contributed by atoms with Crippen LogP contribution >= 0.6 is 11.6 Å². The summed E-state index contributed by atoms with van der Waals surface area (Å²) in [5, 5.41) is 19.2. The molecule has 1 aromatic heterocycles. The van der Waals surface area contributed by atoms with Crippen molar-refractivity contribution in [1.82, 2.24) is 10.2 Å². The highest BCUT2D eigenvalue weighted by atomic mass is 35.5. The normalized spacial score (nSPS) is 22.2. The Hall–Kier alpha value is -2.34. The molecular weight excluding hydrogens is 374 g/mol. The van der Waals surface area contributed by atoms with E-state index in [0.29, 0.717) is 5.02 Å². The van der Waals surface area contributed by atoms with Gasteiger partial charge in [-0.25, -0.2) is 0 Å². The molecule has 0 saturated carbocycles. The lowest BCUT2D eigenvalue weighted by Crippen LogP contribution is -3.12. The van der Waals surface area contributed by atoms with E-state index >= 15 is 0 Å². The molecule has 5 nitrogen and oxygen atoms in total. The predicted octanol–water partition coefficient (Wildman–Crippen LogP) is 2.81. The number of ether oxygens (including phenoxy) is 1. The van der Waals surface area contributed by atoms with Gasteiger partial charge < -0.3 is 14.7 Å². The fourth-order valence-corrected chi connectivity index (χ4v) is 4.09. The number of nitrogens with one attached hydrogen (secondary N) is 2. The average molecular weight is 399 g/mol.